The summed E-state index contributed by atoms with van der Waals surface area (Å²) in [6.07, 6.45) is 0.991. The van der Waals surface area contributed by atoms with Gasteiger partial charge in [-0.3, -0.25) is 4.79 Å². The molecule has 0 amide bonds. The molecule has 3 N–H and O–H groups in total. The van der Waals surface area contributed by atoms with Crippen LogP contribution in [0.3, 0.4) is 0 Å². The summed E-state index contributed by atoms with van der Waals surface area (Å²) in [4.78, 5) is 9.60. The Morgan fingerprint density at radius 2 is 2.14 bits per heavy atom. The van der Waals surface area contributed by atoms with E-state index in [4.69, 9.17) is 5.73 Å². The molecule has 1 aliphatic rings. The van der Waals surface area contributed by atoms with E-state index < -0.39 is 0 Å². The van der Waals surface area contributed by atoms with Crippen LogP contribution in [0.5, 0.6) is 0 Å². The van der Waals surface area contributed by atoms with E-state index in [-0.39, 0.29) is 17.5 Å². The highest BCUT2D eigenvalue weighted by molar-refractivity contribution is 5.37. The summed E-state index contributed by atoms with van der Waals surface area (Å²) < 4.78 is 17.5. The van der Waals surface area contributed by atoms with Crippen LogP contribution in [-0.4, -0.2) is 31.2 Å². The van der Waals surface area contributed by atoms with Gasteiger partial charge in [0.05, 0.1) is 0 Å². The van der Waals surface area contributed by atoms with E-state index >= 15 is 0 Å². The summed E-state index contributed by atoms with van der Waals surface area (Å²) in [5.41, 5.74) is 6.69. The van der Waals surface area contributed by atoms with Gasteiger partial charge in [-0.05, 0) is 51.4 Å². The Morgan fingerprint density at radius 1 is 1.43 bits per heavy atom. The molecule has 2 rings (SSSR count). The first-order valence-corrected chi connectivity index (χ1v) is 7.16. The summed E-state index contributed by atoms with van der Waals surface area (Å²) in [7, 11) is 0. The van der Waals surface area contributed by atoms with Crippen LogP contribution in [-0.2, 0) is 9.53 Å². The average molecular weight is 296 g/mol. The molecule has 0 bridgehead atoms. The molecule has 5 heteroatoms. The third kappa shape index (κ3) is 6.69. The zero-order chi connectivity index (χ0) is 15.9. The SMILES string of the molecule is CC(C)(C)OC=O.NC1CNCCC1c1cccc(F)c1. The number of carbonyl (C=O) groups excluding carboxylic acids is 1. The van der Waals surface area contributed by atoms with Crippen LogP contribution in [0.2, 0.25) is 0 Å². The number of hydrogen-bond acceptors (Lipinski definition) is 4. The van der Waals surface area contributed by atoms with Crippen LogP contribution < -0.4 is 11.1 Å². The van der Waals surface area contributed by atoms with E-state index in [1.54, 1.807) is 12.1 Å². The number of benzene rings is 1. The monoisotopic (exact) mass is 296 g/mol. The second kappa shape index (κ2) is 8.10. The lowest BCUT2D eigenvalue weighted by Gasteiger charge is -2.29. The van der Waals surface area contributed by atoms with Crippen LogP contribution >= 0.6 is 0 Å². The molecule has 1 heterocycles. The van der Waals surface area contributed by atoms with Crippen molar-refractivity contribution in [3.63, 3.8) is 0 Å². The molecule has 0 saturated carbocycles. The molecule has 2 atom stereocenters. The van der Waals surface area contributed by atoms with Crippen LogP contribution in [0.15, 0.2) is 24.3 Å². The van der Waals surface area contributed by atoms with Crippen molar-refractivity contribution in [2.24, 2.45) is 5.73 Å². The minimum atomic E-state index is -0.318. The van der Waals surface area contributed by atoms with Crippen LogP contribution in [0.25, 0.3) is 0 Å². The first kappa shape index (κ1) is 17.6. The van der Waals surface area contributed by atoms with Crippen molar-refractivity contribution in [3.05, 3.63) is 35.6 Å². The van der Waals surface area contributed by atoms with E-state index in [1.807, 2.05) is 26.8 Å². The molecule has 0 aromatic heterocycles. The number of piperidine rings is 1. The first-order chi connectivity index (χ1) is 9.83. The molecule has 1 saturated heterocycles. The van der Waals surface area contributed by atoms with E-state index in [2.05, 4.69) is 10.1 Å². The smallest absolute Gasteiger partial charge is 0.293 e. The number of halogens is 1. The highest BCUT2D eigenvalue weighted by Crippen LogP contribution is 2.24. The van der Waals surface area contributed by atoms with Gasteiger partial charge in [-0.1, -0.05) is 12.1 Å². The zero-order valence-corrected chi connectivity index (χ0v) is 12.9. The zero-order valence-electron chi connectivity index (χ0n) is 12.9. The second-order valence-corrected chi connectivity index (χ2v) is 6.14. The molecule has 1 aromatic carbocycles. The van der Waals surface area contributed by atoms with E-state index in [1.165, 1.54) is 6.07 Å². The van der Waals surface area contributed by atoms with Gasteiger partial charge in [0.25, 0.3) is 6.47 Å². The van der Waals surface area contributed by atoms with Gasteiger partial charge in [0.2, 0.25) is 0 Å². The summed E-state index contributed by atoms with van der Waals surface area (Å²) in [6.45, 7) is 7.71. The van der Waals surface area contributed by atoms with Crippen LogP contribution in [0, 0.1) is 5.82 Å². The maximum absolute atomic E-state index is 13.0. The van der Waals surface area contributed by atoms with Crippen LogP contribution in [0.4, 0.5) is 4.39 Å². The van der Waals surface area contributed by atoms with E-state index in [0.717, 1.165) is 25.1 Å². The lowest BCUT2D eigenvalue weighted by Crippen LogP contribution is -2.44. The van der Waals surface area contributed by atoms with Gasteiger partial charge in [-0.15, -0.1) is 0 Å². The fourth-order valence-corrected chi connectivity index (χ4v) is 2.18. The van der Waals surface area contributed by atoms with E-state index in [0.29, 0.717) is 12.4 Å². The number of hydrogen-bond donors (Lipinski definition) is 2. The van der Waals surface area contributed by atoms with E-state index in [9.17, 15) is 9.18 Å². The van der Waals surface area contributed by atoms with Crippen molar-refractivity contribution in [1.29, 1.82) is 0 Å². The first-order valence-electron chi connectivity index (χ1n) is 7.16. The maximum atomic E-state index is 13.0. The average Bonchev–Trinajstić information content (AvgIpc) is 2.38. The highest BCUT2D eigenvalue weighted by Gasteiger charge is 2.23. The number of nitrogens with one attached hydrogen (secondary N) is 1. The van der Waals surface area contributed by atoms with Crippen molar-refractivity contribution in [2.75, 3.05) is 13.1 Å². The standard InChI is InChI=1S/C11H15FN2.C5H10O2/c12-9-3-1-2-8(6-9)10-4-5-14-7-11(10)13;1-5(2,3)7-4-6/h1-3,6,10-11,14H,4-5,7,13H2;4H,1-3H3. The molecule has 0 spiro atoms. The summed E-state index contributed by atoms with van der Waals surface area (Å²) in [5.74, 6) is 0.125. The molecule has 21 heavy (non-hydrogen) atoms. The number of rotatable bonds is 2. The van der Waals surface area contributed by atoms with Crippen LogP contribution in [0.1, 0.15) is 38.7 Å². The minimum Gasteiger partial charge on any atom is -0.462 e. The minimum absolute atomic E-state index is 0.102. The largest absolute Gasteiger partial charge is 0.462 e. The van der Waals surface area contributed by atoms with Crippen molar-refractivity contribution in [1.82, 2.24) is 5.32 Å². The lowest BCUT2D eigenvalue weighted by atomic mass is 9.87. The molecule has 1 fully saturated rings. The molecule has 1 aromatic rings. The summed E-state index contributed by atoms with van der Waals surface area (Å²) >= 11 is 0. The van der Waals surface area contributed by atoms with Gasteiger partial charge in [-0.25, -0.2) is 4.39 Å². The number of carbonyl (C=O) groups is 1. The Balaban J connectivity index is 0.000000270. The van der Waals surface area contributed by atoms with Crippen molar-refractivity contribution < 1.29 is 13.9 Å². The van der Waals surface area contributed by atoms with Gasteiger partial charge in [-0.2, -0.15) is 0 Å². The van der Waals surface area contributed by atoms with Gasteiger partial charge < -0.3 is 15.8 Å². The number of ether oxygens (including phenoxy) is 1. The third-order valence-electron chi connectivity index (χ3n) is 3.21. The fourth-order valence-electron chi connectivity index (χ4n) is 2.18. The van der Waals surface area contributed by atoms with Gasteiger partial charge in [0, 0.05) is 18.5 Å². The summed E-state index contributed by atoms with van der Waals surface area (Å²) in [6, 6.07) is 6.87. The van der Waals surface area contributed by atoms with Crippen molar-refractivity contribution in [2.45, 2.75) is 44.8 Å². The molecule has 1 aliphatic heterocycles. The Hall–Kier alpha value is -1.46. The predicted octanol–water partition coefficient (Wildman–Crippen LogP) is 2.19. The third-order valence-corrected chi connectivity index (χ3v) is 3.21. The molecule has 118 valence electrons. The molecule has 0 radical (unpaired) electrons. The van der Waals surface area contributed by atoms with Gasteiger partial charge in [0.15, 0.2) is 0 Å². The Labute approximate surface area is 125 Å². The molecule has 2 unspecified atom stereocenters. The Bertz CT molecular complexity index is 446. The van der Waals surface area contributed by atoms with Gasteiger partial charge in [0.1, 0.15) is 11.4 Å². The fraction of sp³-hybridized carbons (Fsp3) is 0.562. The van der Waals surface area contributed by atoms with Gasteiger partial charge >= 0.3 is 0 Å². The predicted molar refractivity (Wildman–Crippen MR) is 81.5 cm³/mol. The number of nitrogens with two attached hydrogens (primary N) is 1. The second-order valence-electron chi connectivity index (χ2n) is 6.14. The molecular weight excluding hydrogens is 271 g/mol. The Morgan fingerprint density at radius 3 is 2.62 bits per heavy atom. The lowest BCUT2D eigenvalue weighted by molar-refractivity contribution is -0.138. The normalized spacial score (nSPS) is 22.0. The highest BCUT2D eigenvalue weighted by atomic mass is 19.1. The van der Waals surface area contributed by atoms with Crippen molar-refractivity contribution in [3.8, 4) is 0 Å². The molecule has 4 nitrogen and oxygen atoms in total. The topological polar surface area (TPSA) is 64.3 Å². The Kier molecular flexibility index (Phi) is 6.78. The molecular formula is C16H25FN2O2. The summed E-state index contributed by atoms with van der Waals surface area (Å²) in [5, 5.41) is 3.23. The quantitative estimate of drug-likeness (QED) is 0.821. The van der Waals surface area contributed by atoms with Crippen molar-refractivity contribution >= 4 is 6.47 Å². The maximum Gasteiger partial charge on any atom is 0.293 e. The molecule has 0 aliphatic carbocycles.